The SMILES string of the molecule is Cc1nn(C2CCS(=O)(=O)C2)c(C)c1CN(C)CC(=O)Nc1ccc2[nH]c(=O)[nH]c2c1. The summed E-state index contributed by atoms with van der Waals surface area (Å²) in [4.78, 5) is 31.1. The predicted molar refractivity (Wildman–Crippen MR) is 118 cm³/mol. The third-order valence-corrected chi connectivity index (χ3v) is 7.42. The third-order valence-electron chi connectivity index (χ3n) is 5.67. The van der Waals surface area contributed by atoms with E-state index in [1.165, 1.54) is 0 Å². The summed E-state index contributed by atoms with van der Waals surface area (Å²) in [6, 6.07) is 5.05. The largest absolute Gasteiger partial charge is 0.325 e. The fraction of sp³-hybridized carbons (Fsp3) is 0.450. The first kappa shape index (κ1) is 21.3. The Hall–Kier alpha value is -2.92. The van der Waals surface area contributed by atoms with E-state index in [-0.39, 0.29) is 35.7 Å². The maximum Gasteiger partial charge on any atom is 0.323 e. The number of hydrogen-bond acceptors (Lipinski definition) is 6. The van der Waals surface area contributed by atoms with Gasteiger partial charge in [-0.05, 0) is 45.5 Å². The molecule has 10 nitrogen and oxygen atoms in total. The molecule has 3 aromatic rings. The molecule has 1 aliphatic rings. The second-order valence-corrected chi connectivity index (χ2v) is 10.4. The summed E-state index contributed by atoms with van der Waals surface area (Å²) >= 11 is 0. The number of carbonyl (C=O) groups is 1. The van der Waals surface area contributed by atoms with Gasteiger partial charge in [0.15, 0.2) is 9.84 Å². The van der Waals surface area contributed by atoms with E-state index >= 15 is 0 Å². The molecular weight excluding hydrogens is 420 g/mol. The number of aromatic amines is 2. The zero-order valence-electron chi connectivity index (χ0n) is 17.7. The lowest BCUT2D eigenvalue weighted by atomic mass is 10.1. The van der Waals surface area contributed by atoms with Crippen LogP contribution in [0.2, 0.25) is 0 Å². The van der Waals surface area contributed by atoms with Crippen LogP contribution in [0.3, 0.4) is 0 Å². The molecule has 3 N–H and O–H groups in total. The molecule has 166 valence electrons. The number of nitrogens with zero attached hydrogens (tertiary/aromatic N) is 3. The van der Waals surface area contributed by atoms with Crippen molar-refractivity contribution >= 4 is 32.5 Å². The number of nitrogens with one attached hydrogen (secondary N) is 3. The van der Waals surface area contributed by atoms with E-state index in [2.05, 4.69) is 20.4 Å². The van der Waals surface area contributed by atoms with Gasteiger partial charge in [0, 0.05) is 23.5 Å². The van der Waals surface area contributed by atoms with Crippen LogP contribution >= 0.6 is 0 Å². The van der Waals surface area contributed by atoms with Crippen molar-refractivity contribution in [2.24, 2.45) is 0 Å². The van der Waals surface area contributed by atoms with E-state index in [4.69, 9.17) is 0 Å². The standard InChI is InChI=1S/C20H26N6O4S/c1-12-16(13(2)26(24-12)15-6-7-31(29,30)11-15)9-25(3)10-19(27)21-14-4-5-17-18(8-14)23-20(28)22-17/h4-5,8,15H,6-7,9-11H2,1-3H3,(H,21,27)(H2,22,23,28). The van der Waals surface area contributed by atoms with Crippen LogP contribution in [0.15, 0.2) is 23.0 Å². The maximum atomic E-state index is 12.5. The Labute approximate surface area is 179 Å². The summed E-state index contributed by atoms with van der Waals surface area (Å²) in [7, 11) is -1.14. The lowest BCUT2D eigenvalue weighted by molar-refractivity contribution is -0.117. The average Bonchev–Trinajstić information content (AvgIpc) is 3.31. The van der Waals surface area contributed by atoms with Crippen molar-refractivity contribution in [2.45, 2.75) is 32.9 Å². The quantitative estimate of drug-likeness (QED) is 0.519. The monoisotopic (exact) mass is 446 g/mol. The molecule has 3 heterocycles. The molecule has 1 atom stereocenters. The number of H-pyrrole nitrogens is 2. The first-order chi connectivity index (χ1) is 14.6. The van der Waals surface area contributed by atoms with Gasteiger partial charge in [0.1, 0.15) is 0 Å². The van der Waals surface area contributed by atoms with Gasteiger partial charge in [-0.2, -0.15) is 5.10 Å². The molecule has 2 aromatic heterocycles. The Morgan fingerprint density at radius 3 is 2.74 bits per heavy atom. The van der Waals surface area contributed by atoms with E-state index in [9.17, 15) is 18.0 Å². The lowest BCUT2D eigenvalue weighted by Crippen LogP contribution is -2.30. The third kappa shape index (κ3) is 4.57. The Kier molecular flexibility index (Phi) is 5.48. The van der Waals surface area contributed by atoms with Crippen LogP contribution < -0.4 is 11.0 Å². The van der Waals surface area contributed by atoms with Gasteiger partial charge >= 0.3 is 5.69 Å². The minimum Gasteiger partial charge on any atom is -0.325 e. The van der Waals surface area contributed by atoms with Crippen molar-refractivity contribution < 1.29 is 13.2 Å². The summed E-state index contributed by atoms with van der Waals surface area (Å²) in [5.74, 6) is 0.154. The minimum atomic E-state index is -2.99. The Balaban J connectivity index is 1.40. The first-order valence-electron chi connectivity index (χ1n) is 10.1. The summed E-state index contributed by atoms with van der Waals surface area (Å²) in [5.41, 5.74) is 4.40. The van der Waals surface area contributed by atoms with Crippen molar-refractivity contribution in [3.05, 3.63) is 45.6 Å². The topological polar surface area (TPSA) is 133 Å². The molecule has 0 bridgehead atoms. The van der Waals surface area contributed by atoms with Crippen LogP contribution in [0.4, 0.5) is 5.69 Å². The number of aryl methyl sites for hydroxylation is 1. The normalized spacial score (nSPS) is 18.1. The summed E-state index contributed by atoms with van der Waals surface area (Å²) in [6.45, 7) is 4.54. The molecule has 11 heteroatoms. The Morgan fingerprint density at radius 1 is 1.29 bits per heavy atom. The number of imidazole rings is 1. The van der Waals surface area contributed by atoms with Crippen LogP contribution in [-0.2, 0) is 21.2 Å². The van der Waals surface area contributed by atoms with E-state index in [0.717, 1.165) is 17.0 Å². The Morgan fingerprint density at radius 2 is 2.03 bits per heavy atom. The highest BCUT2D eigenvalue weighted by Gasteiger charge is 2.31. The second-order valence-electron chi connectivity index (χ2n) is 8.21. The molecule has 1 saturated heterocycles. The van der Waals surface area contributed by atoms with Crippen molar-refractivity contribution in [3.63, 3.8) is 0 Å². The van der Waals surface area contributed by atoms with Gasteiger partial charge in [0.2, 0.25) is 5.91 Å². The van der Waals surface area contributed by atoms with Crippen LogP contribution in [-0.4, -0.2) is 64.1 Å². The molecule has 0 spiro atoms. The zero-order chi connectivity index (χ0) is 22.3. The molecule has 0 radical (unpaired) electrons. The first-order valence-corrected chi connectivity index (χ1v) is 11.9. The van der Waals surface area contributed by atoms with Gasteiger partial charge in [0.05, 0.1) is 40.8 Å². The molecule has 0 saturated carbocycles. The number of hydrogen-bond donors (Lipinski definition) is 3. The fourth-order valence-electron chi connectivity index (χ4n) is 4.13. The summed E-state index contributed by atoms with van der Waals surface area (Å²) in [6.07, 6.45) is 0.582. The molecule has 1 aliphatic heterocycles. The molecule has 1 aromatic carbocycles. The summed E-state index contributed by atoms with van der Waals surface area (Å²) in [5, 5.41) is 7.43. The van der Waals surface area contributed by atoms with Gasteiger partial charge < -0.3 is 15.3 Å². The van der Waals surface area contributed by atoms with Crippen LogP contribution in [0.1, 0.15) is 29.4 Å². The van der Waals surface area contributed by atoms with E-state index < -0.39 is 9.84 Å². The lowest BCUT2D eigenvalue weighted by Gasteiger charge is -2.17. The average molecular weight is 447 g/mol. The van der Waals surface area contributed by atoms with Gasteiger partial charge in [-0.1, -0.05) is 0 Å². The van der Waals surface area contributed by atoms with Crippen molar-refractivity contribution in [1.82, 2.24) is 24.6 Å². The zero-order valence-corrected chi connectivity index (χ0v) is 18.5. The Bertz CT molecular complexity index is 1300. The number of carbonyl (C=O) groups excluding carboxylic acids is 1. The number of fused-ring (bicyclic) bond motifs is 1. The van der Waals surface area contributed by atoms with Gasteiger partial charge in [0.25, 0.3) is 0 Å². The smallest absolute Gasteiger partial charge is 0.323 e. The van der Waals surface area contributed by atoms with Crippen molar-refractivity contribution in [3.8, 4) is 0 Å². The fourth-order valence-corrected chi connectivity index (χ4v) is 5.82. The minimum absolute atomic E-state index is 0.124. The van der Waals surface area contributed by atoms with Crippen molar-refractivity contribution in [1.29, 1.82) is 0 Å². The number of anilines is 1. The van der Waals surface area contributed by atoms with Gasteiger partial charge in [-0.25, -0.2) is 13.2 Å². The number of sulfone groups is 1. The van der Waals surface area contributed by atoms with Crippen molar-refractivity contribution in [2.75, 3.05) is 30.4 Å². The number of likely N-dealkylation sites (N-methyl/N-ethyl adjacent to an activating group) is 1. The molecular formula is C20H26N6O4S. The molecule has 1 unspecified atom stereocenters. The predicted octanol–water partition coefficient (Wildman–Crippen LogP) is 1.10. The molecule has 0 aliphatic carbocycles. The van der Waals surface area contributed by atoms with Crippen LogP contribution in [0.5, 0.6) is 0 Å². The molecule has 4 rings (SSSR count). The van der Waals surface area contributed by atoms with E-state index in [0.29, 0.717) is 29.7 Å². The molecule has 1 amide bonds. The number of benzene rings is 1. The number of amides is 1. The highest BCUT2D eigenvalue weighted by molar-refractivity contribution is 7.91. The highest BCUT2D eigenvalue weighted by atomic mass is 32.2. The van der Waals surface area contributed by atoms with Crippen LogP contribution in [0, 0.1) is 13.8 Å². The van der Waals surface area contributed by atoms with Gasteiger partial charge in [-0.3, -0.25) is 14.4 Å². The number of rotatable bonds is 6. The molecule has 1 fully saturated rings. The van der Waals surface area contributed by atoms with E-state index in [1.807, 2.05) is 30.5 Å². The number of aromatic nitrogens is 4. The highest BCUT2D eigenvalue weighted by Crippen LogP contribution is 2.27. The van der Waals surface area contributed by atoms with Gasteiger partial charge in [-0.15, -0.1) is 0 Å². The maximum absolute atomic E-state index is 12.5. The molecule has 31 heavy (non-hydrogen) atoms. The van der Waals surface area contributed by atoms with Crippen LogP contribution in [0.25, 0.3) is 11.0 Å². The van der Waals surface area contributed by atoms with E-state index in [1.54, 1.807) is 18.2 Å². The summed E-state index contributed by atoms with van der Waals surface area (Å²) < 4.78 is 25.5. The second kappa shape index (κ2) is 7.97.